The fourth-order valence-corrected chi connectivity index (χ4v) is 3.93. The predicted octanol–water partition coefficient (Wildman–Crippen LogP) is 3.64. The summed E-state index contributed by atoms with van der Waals surface area (Å²) >= 11 is 6.28. The van der Waals surface area contributed by atoms with Gasteiger partial charge in [0.05, 0.1) is 7.11 Å². The number of nitrogens with one attached hydrogen (secondary N) is 1. The van der Waals surface area contributed by atoms with Crippen LogP contribution in [0, 0.1) is 5.92 Å². The largest absolute Gasteiger partial charge is 0.467 e. The maximum absolute atomic E-state index is 12.9. The quantitative estimate of drug-likeness (QED) is 0.371. The molecule has 8 heteroatoms. The van der Waals surface area contributed by atoms with Crippen molar-refractivity contribution < 1.29 is 23.9 Å². The first-order valence-electron chi connectivity index (χ1n) is 10.4. The summed E-state index contributed by atoms with van der Waals surface area (Å²) in [7, 11) is 2.69. The molecule has 1 heterocycles. The molecule has 7 nitrogen and oxygen atoms in total. The van der Waals surface area contributed by atoms with Gasteiger partial charge in [0.2, 0.25) is 0 Å². The van der Waals surface area contributed by atoms with Crippen molar-refractivity contribution in [3.63, 3.8) is 0 Å². The van der Waals surface area contributed by atoms with Gasteiger partial charge in [-0.05, 0) is 30.0 Å². The van der Waals surface area contributed by atoms with Crippen molar-refractivity contribution >= 4 is 29.2 Å². The zero-order valence-corrected chi connectivity index (χ0v) is 18.9. The number of hydrogen-bond acceptors (Lipinski definition) is 6. The van der Waals surface area contributed by atoms with Crippen LogP contribution in [0.25, 0.3) is 11.1 Å². The van der Waals surface area contributed by atoms with E-state index >= 15 is 0 Å². The number of rotatable bonds is 8. The Labute approximate surface area is 192 Å². The smallest absolute Gasteiger partial charge is 0.328 e. The van der Waals surface area contributed by atoms with Crippen molar-refractivity contribution in [2.75, 3.05) is 27.4 Å². The van der Waals surface area contributed by atoms with E-state index in [4.69, 9.17) is 25.9 Å². The summed E-state index contributed by atoms with van der Waals surface area (Å²) in [4.78, 5) is 30.2. The Kier molecular flexibility index (Phi) is 8.64. The highest BCUT2D eigenvalue weighted by Gasteiger charge is 2.30. The summed E-state index contributed by atoms with van der Waals surface area (Å²) < 4.78 is 10.3. The molecule has 0 saturated carbocycles. The maximum Gasteiger partial charge on any atom is 0.328 e. The molecule has 32 heavy (non-hydrogen) atoms. The average molecular weight is 459 g/mol. The van der Waals surface area contributed by atoms with E-state index in [1.165, 1.54) is 14.2 Å². The molecule has 0 aromatic heterocycles. The highest BCUT2D eigenvalue weighted by molar-refractivity contribution is 6.39. The molecular weight excluding hydrogens is 432 g/mol. The number of ether oxygens (including phenoxy) is 2. The van der Waals surface area contributed by atoms with Crippen LogP contribution in [0.4, 0.5) is 0 Å². The SMILES string of the molecule is CON=C(C(=O)N[C@@H](Cc1ccc(-c2ccccc2Cl)cc1)C(=O)OC)C1CCOCC1. The number of hydrogen-bond donors (Lipinski definition) is 1. The fourth-order valence-electron chi connectivity index (χ4n) is 3.69. The summed E-state index contributed by atoms with van der Waals surface area (Å²) in [6.07, 6.45) is 1.61. The molecule has 3 rings (SSSR count). The van der Waals surface area contributed by atoms with Crippen molar-refractivity contribution in [2.24, 2.45) is 11.1 Å². The Morgan fingerprint density at radius 2 is 1.81 bits per heavy atom. The number of amides is 1. The number of carbonyl (C=O) groups excluding carboxylic acids is 2. The first kappa shape index (κ1) is 23.8. The van der Waals surface area contributed by atoms with E-state index in [0.29, 0.717) is 31.1 Å². The van der Waals surface area contributed by atoms with E-state index in [0.717, 1.165) is 16.7 Å². The predicted molar refractivity (Wildman–Crippen MR) is 123 cm³/mol. The second-order valence-electron chi connectivity index (χ2n) is 7.48. The summed E-state index contributed by atoms with van der Waals surface area (Å²) in [5, 5.41) is 7.36. The number of benzene rings is 2. The lowest BCUT2D eigenvalue weighted by atomic mass is 9.93. The van der Waals surface area contributed by atoms with E-state index in [9.17, 15) is 9.59 Å². The molecule has 0 unspecified atom stereocenters. The van der Waals surface area contributed by atoms with Crippen LogP contribution in [0.3, 0.4) is 0 Å². The molecule has 0 radical (unpaired) electrons. The first-order chi connectivity index (χ1) is 15.5. The molecule has 1 aliphatic rings. The molecule has 1 amide bonds. The van der Waals surface area contributed by atoms with Crippen LogP contribution in [-0.2, 0) is 30.3 Å². The summed E-state index contributed by atoms with van der Waals surface area (Å²) in [5.41, 5.74) is 3.02. The van der Waals surface area contributed by atoms with Crippen molar-refractivity contribution in [3.05, 3.63) is 59.1 Å². The van der Waals surface area contributed by atoms with E-state index in [2.05, 4.69) is 10.5 Å². The van der Waals surface area contributed by atoms with E-state index in [1.807, 2.05) is 48.5 Å². The zero-order valence-electron chi connectivity index (χ0n) is 18.2. The molecule has 1 saturated heterocycles. The Bertz CT molecular complexity index is 955. The molecule has 1 fully saturated rings. The molecule has 2 aromatic carbocycles. The van der Waals surface area contributed by atoms with Crippen molar-refractivity contribution in [2.45, 2.75) is 25.3 Å². The van der Waals surface area contributed by atoms with Gasteiger partial charge in [-0.2, -0.15) is 0 Å². The van der Waals surface area contributed by atoms with Crippen LogP contribution in [0.5, 0.6) is 0 Å². The summed E-state index contributed by atoms with van der Waals surface area (Å²) in [5.74, 6) is -1.06. The Balaban J connectivity index is 1.73. The second-order valence-corrected chi connectivity index (χ2v) is 7.88. The minimum absolute atomic E-state index is 0.0862. The number of nitrogens with zero attached hydrogens (tertiary/aromatic N) is 1. The minimum Gasteiger partial charge on any atom is -0.467 e. The third kappa shape index (κ3) is 6.08. The van der Waals surface area contributed by atoms with Crippen LogP contribution in [0.15, 0.2) is 53.7 Å². The fraction of sp³-hybridized carbons (Fsp3) is 0.375. The second kappa shape index (κ2) is 11.6. The molecule has 0 spiro atoms. The molecule has 0 aliphatic carbocycles. The number of carbonyl (C=O) groups is 2. The minimum atomic E-state index is -0.861. The number of oxime groups is 1. The highest BCUT2D eigenvalue weighted by Crippen LogP contribution is 2.27. The Morgan fingerprint density at radius 1 is 1.12 bits per heavy atom. The number of halogens is 1. The van der Waals surface area contributed by atoms with Gasteiger partial charge in [0.25, 0.3) is 5.91 Å². The van der Waals surface area contributed by atoms with Crippen LogP contribution in [0.1, 0.15) is 18.4 Å². The van der Waals surface area contributed by atoms with Gasteiger partial charge in [0.1, 0.15) is 18.9 Å². The lowest BCUT2D eigenvalue weighted by Gasteiger charge is -2.24. The molecule has 2 aromatic rings. The van der Waals surface area contributed by atoms with Gasteiger partial charge < -0.3 is 19.6 Å². The van der Waals surface area contributed by atoms with Crippen LogP contribution in [-0.4, -0.2) is 51.1 Å². The average Bonchev–Trinajstić information content (AvgIpc) is 2.83. The van der Waals surface area contributed by atoms with Crippen LogP contribution >= 0.6 is 11.6 Å². The molecule has 1 atom stereocenters. The Hall–Kier alpha value is -2.90. The third-order valence-corrected chi connectivity index (χ3v) is 5.73. The van der Waals surface area contributed by atoms with Crippen LogP contribution in [0.2, 0.25) is 5.02 Å². The van der Waals surface area contributed by atoms with Gasteiger partial charge in [-0.25, -0.2) is 4.79 Å². The zero-order chi connectivity index (χ0) is 22.9. The van der Waals surface area contributed by atoms with E-state index in [-0.39, 0.29) is 18.1 Å². The molecule has 1 N–H and O–H groups in total. The molecule has 1 aliphatic heterocycles. The first-order valence-corrected chi connectivity index (χ1v) is 10.8. The van der Waals surface area contributed by atoms with Crippen molar-refractivity contribution in [1.29, 1.82) is 0 Å². The molecule has 170 valence electrons. The van der Waals surface area contributed by atoms with E-state index < -0.39 is 17.9 Å². The molecular formula is C24H27ClN2O5. The number of esters is 1. The number of methoxy groups -OCH3 is 1. The van der Waals surface area contributed by atoms with Gasteiger partial charge >= 0.3 is 5.97 Å². The van der Waals surface area contributed by atoms with Crippen molar-refractivity contribution in [3.8, 4) is 11.1 Å². The van der Waals surface area contributed by atoms with Gasteiger partial charge in [0.15, 0.2) is 0 Å². The normalized spacial score (nSPS) is 15.7. The lowest BCUT2D eigenvalue weighted by molar-refractivity contribution is -0.144. The van der Waals surface area contributed by atoms with Gasteiger partial charge in [-0.15, -0.1) is 0 Å². The molecule has 0 bridgehead atoms. The summed E-state index contributed by atoms with van der Waals surface area (Å²) in [6, 6.07) is 14.4. The van der Waals surface area contributed by atoms with Crippen molar-refractivity contribution in [1.82, 2.24) is 5.32 Å². The lowest BCUT2D eigenvalue weighted by Crippen LogP contribution is -2.47. The van der Waals surface area contributed by atoms with E-state index in [1.54, 1.807) is 0 Å². The van der Waals surface area contributed by atoms with Gasteiger partial charge in [0, 0.05) is 36.1 Å². The maximum atomic E-state index is 12.9. The van der Waals surface area contributed by atoms with Gasteiger partial charge in [-0.1, -0.05) is 59.2 Å². The summed E-state index contributed by atoms with van der Waals surface area (Å²) in [6.45, 7) is 1.11. The monoisotopic (exact) mass is 458 g/mol. The topological polar surface area (TPSA) is 86.2 Å². The van der Waals surface area contributed by atoms with Crippen LogP contribution < -0.4 is 5.32 Å². The Morgan fingerprint density at radius 3 is 2.44 bits per heavy atom. The highest BCUT2D eigenvalue weighted by atomic mass is 35.5. The van der Waals surface area contributed by atoms with Gasteiger partial charge in [-0.3, -0.25) is 4.79 Å². The third-order valence-electron chi connectivity index (χ3n) is 5.40. The standard InChI is InChI=1S/C24H27ClN2O5/c1-30-24(29)21(26-23(28)22(27-31-2)18-11-13-32-14-12-18)15-16-7-9-17(10-8-16)19-5-3-4-6-20(19)25/h3-10,18,21H,11-15H2,1-2H3,(H,26,28)/t21-/m0/s1.